The van der Waals surface area contributed by atoms with Crippen LogP contribution in [0.2, 0.25) is 0 Å². The van der Waals surface area contributed by atoms with Gasteiger partial charge in [-0.15, -0.1) is 10.2 Å². The van der Waals surface area contributed by atoms with Crippen LogP contribution in [0.25, 0.3) is 34.0 Å². The summed E-state index contributed by atoms with van der Waals surface area (Å²) < 4.78 is 6.01. The van der Waals surface area contributed by atoms with E-state index in [1.165, 1.54) is 0 Å². The fraction of sp³-hybridized carbons (Fsp3) is 0. The Hall–Kier alpha value is -6.72. The normalized spacial score (nSPS) is 10.9. The van der Waals surface area contributed by atoms with E-state index in [1.54, 1.807) is 0 Å². The summed E-state index contributed by atoms with van der Waals surface area (Å²) in [5, 5.41) is 8.57. The van der Waals surface area contributed by atoms with Crippen LogP contribution >= 0.6 is 0 Å². The van der Waals surface area contributed by atoms with Gasteiger partial charge in [0.05, 0.1) is 0 Å². The van der Waals surface area contributed by atoms with Crippen LogP contribution in [0.3, 0.4) is 0 Å². The molecule has 8 aromatic rings. The van der Waals surface area contributed by atoms with Crippen molar-refractivity contribution in [1.29, 1.82) is 0 Å². The van der Waals surface area contributed by atoms with Gasteiger partial charge in [0.2, 0.25) is 11.8 Å². The van der Waals surface area contributed by atoms with Crippen molar-refractivity contribution >= 4 is 34.1 Å². The summed E-state index contributed by atoms with van der Waals surface area (Å²) in [6.45, 7) is 0. The van der Waals surface area contributed by atoms with E-state index in [0.717, 1.165) is 56.4 Å². The molecule has 0 spiro atoms. The van der Waals surface area contributed by atoms with E-state index < -0.39 is 0 Å². The van der Waals surface area contributed by atoms with Crippen molar-refractivity contribution in [1.82, 2.24) is 10.2 Å². The lowest BCUT2D eigenvalue weighted by atomic mass is 10.0. The Labute approximate surface area is 286 Å². The highest BCUT2D eigenvalue weighted by atomic mass is 16.4. The Bertz CT molecular complexity index is 2200. The summed E-state index contributed by atoms with van der Waals surface area (Å²) in [4.78, 5) is 4.52. The van der Waals surface area contributed by atoms with Gasteiger partial charge in [-0.25, -0.2) is 0 Å². The maximum Gasteiger partial charge on any atom is 0.248 e. The van der Waals surface area contributed by atoms with E-state index in [4.69, 9.17) is 4.42 Å². The second kappa shape index (κ2) is 13.6. The maximum absolute atomic E-state index is 6.01. The van der Waals surface area contributed by atoms with Crippen LogP contribution < -0.4 is 9.80 Å². The van der Waals surface area contributed by atoms with Crippen molar-refractivity contribution < 1.29 is 4.42 Å². The molecule has 5 heteroatoms. The molecule has 0 unspecified atom stereocenters. The average Bonchev–Trinajstić information content (AvgIpc) is 3.68. The van der Waals surface area contributed by atoms with E-state index >= 15 is 0 Å². The number of nitrogens with zero attached hydrogens (tertiary/aromatic N) is 4. The molecule has 7 aromatic carbocycles. The van der Waals surface area contributed by atoms with Crippen molar-refractivity contribution in [2.45, 2.75) is 0 Å². The maximum atomic E-state index is 6.01. The molecule has 0 aliphatic carbocycles. The van der Waals surface area contributed by atoms with Crippen LogP contribution in [0.4, 0.5) is 34.1 Å². The van der Waals surface area contributed by atoms with Gasteiger partial charge >= 0.3 is 0 Å². The molecule has 234 valence electrons. The number of benzene rings is 7. The SMILES string of the molecule is c1ccc(-c2nnc(-c3ccc(N(c4ccccc4)c4ccc(-c5ccc(N(c6ccccc6)c6ccccc6)cc5)cc4)cc3)o2)cc1. The molecule has 1 aromatic heterocycles. The minimum Gasteiger partial charge on any atom is -0.416 e. The number of rotatable bonds is 9. The van der Waals surface area contributed by atoms with E-state index in [0.29, 0.717) is 11.8 Å². The van der Waals surface area contributed by atoms with Crippen molar-refractivity contribution in [3.8, 4) is 34.0 Å². The fourth-order valence-electron chi connectivity index (χ4n) is 6.02. The molecule has 0 atom stereocenters. The summed E-state index contributed by atoms with van der Waals surface area (Å²) in [6, 6.07) is 66.9. The first kappa shape index (κ1) is 29.7. The monoisotopic (exact) mass is 632 g/mol. The summed E-state index contributed by atoms with van der Waals surface area (Å²) >= 11 is 0. The molecule has 0 amide bonds. The molecular formula is C44H32N4O. The molecule has 0 fully saturated rings. The third-order valence-corrected chi connectivity index (χ3v) is 8.45. The molecule has 0 saturated carbocycles. The highest BCUT2D eigenvalue weighted by Gasteiger charge is 2.16. The van der Waals surface area contributed by atoms with Crippen LogP contribution in [-0.4, -0.2) is 10.2 Å². The molecular weight excluding hydrogens is 601 g/mol. The Morgan fingerprint density at radius 2 is 0.531 bits per heavy atom. The van der Waals surface area contributed by atoms with E-state index in [-0.39, 0.29) is 0 Å². The van der Waals surface area contributed by atoms with Gasteiger partial charge in [-0.1, -0.05) is 97.1 Å². The first-order valence-electron chi connectivity index (χ1n) is 16.3. The van der Waals surface area contributed by atoms with Gasteiger partial charge in [-0.2, -0.15) is 0 Å². The number of hydrogen-bond acceptors (Lipinski definition) is 5. The zero-order valence-corrected chi connectivity index (χ0v) is 26.7. The summed E-state index contributed by atoms with van der Waals surface area (Å²) in [7, 11) is 0. The zero-order chi connectivity index (χ0) is 32.8. The molecule has 1 heterocycles. The molecule has 0 aliphatic rings. The summed E-state index contributed by atoms with van der Waals surface area (Å²) in [6.07, 6.45) is 0. The van der Waals surface area contributed by atoms with Gasteiger partial charge in [-0.3, -0.25) is 0 Å². The van der Waals surface area contributed by atoms with Crippen molar-refractivity contribution in [3.63, 3.8) is 0 Å². The largest absolute Gasteiger partial charge is 0.416 e. The highest BCUT2D eigenvalue weighted by molar-refractivity contribution is 5.81. The van der Waals surface area contributed by atoms with Gasteiger partial charge in [0.15, 0.2) is 0 Å². The fourth-order valence-corrected chi connectivity index (χ4v) is 6.02. The van der Waals surface area contributed by atoms with Gasteiger partial charge in [-0.05, 0) is 108 Å². The molecule has 5 nitrogen and oxygen atoms in total. The second-order valence-corrected chi connectivity index (χ2v) is 11.6. The summed E-state index contributed by atoms with van der Waals surface area (Å²) in [5.41, 5.74) is 10.6. The smallest absolute Gasteiger partial charge is 0.248 e. The van der Waals surface area contributed by atoms with Crippen LogP contribution in [0.5, 0.6) is 0 Å². The first-order chi connectivity index (χ1) is 24.3. The first-order valence-corrected chi connectivity index (χ1v) is 16.3. The predicted octanol–water partition coefficient (Wildman–Crippen LogP) is 12.0. The van der Waals surface area contributed by atoms with Crippen LogP contribution in [0, 0.1) is 0 Å². The average molecular weight is 633 g/mol. The molecule has 0 aliphatic heterocycles. The number of anilines is 6. The summed E-state index contributed by atoms with van der Waals surface area (Å²) in [5.74, 6) is 0.993. The molecule has 0 N–H and O–H groups in total. The standard InChI is InChI=1S/C44H32N4O/c1-5-13-35(14-6-1)43-45-46-44(49-43)36-25-31-42(32-26-36)48(39-19-11-4-12-20-39)41-29-23-34(24-30-41)33-21-27-40(28-22-33)47(37-15-7-2-8-16-37)38-17-9-3-10-18-38/h1-32H. The Morgan fingerprint density at radius 1 is 0.265 bits per heavy atom. The zero-order valence-electron chi connectivity index (χ0n) is 26.7. The number of hydrogen-bond donors (Lipinski definition) is 0. The molecule has 49 heavy (non-hydrogen) atoms. The topological polar surface area (TPSA) is 45.4 Å². The third-order valence-electron chi connectivity index (χ3n) is 8.45. The van der Waals surface area contributed by atoms with Gasteiger partial charge < -0.3 is 14.2 Å². The Morgan fingerprint density at radius 3 is 0.878 bits per heavy atom. The molecule has 0 saturated heterocycles. The quantitative estimate of drug-likeness (QED) is 0.158. The van der Waals surface area contributed by atoms with Gasteiger partial charge in [0, 0.05) is 45.3 Å². The molecule has 0 radical (unpaired) electrons. The van der Waals surface area contributed by atoms with E-state index in [1.807, 2.05) is 60.7 Å². The van der Waals surface area contributed by atoms with E-state index in [2.05, 4.69) is 153 Å². The van der Waals surface area contributed by atoms with E-state index in [9.17, 15) is 0 Å². The molecule has 8 rings (SSSR count). The minimum absolute atomic E-state index is 0.489. The lowest BCUT2D eigenvalue weighted by molar-refractivity contribution is 0.584. The second-order valence-electron chi connectivity index (χ2n) is 11.6. The Kier molecular flexibility index (Phi) is 8.21. The number of para-hydroxylation sites is 3. The minimum atomic E-state index is 0.489. The number of aromatic nitrogens is 2. The highest BCUT2D eigenvalue weighted by Crippen LogP contribution is 2.38. The Balaban J connectivity index is 1.06. The van der Waals surface area contributed by atoms with Crippen LogP contribution in [0.1, 0.15) is 0 Å². The van der Waals surface area contributed by atoms with Gasteiger partial charge in [0.25, 0.3) is 0 Å². The van der Waals surface area contributed by atoms with Crippen molar-refractivity contribution in [2.24, 2.45) is 0 Å². The van der Waals surface area contributed by atoms with Crippen molar-refractivity contribution in [3.05, 3.63) is 194 Å². The predicted molar refractivity (Wildman–Crippen MR) is 200 cm³/mol. The molecule has 0 bridgehead atoms. The lowest BCUT2D eigenvalue weighted by Crippen LogP contribution is -2.09. The van der Waals surface area contributed by atoms with Crippen LogP contribution in [0.15, 0.2) is 199 Å². The lowest BCUT2D eigenvalue weighted by Gasteiger charge is -2.26. The third kappa shape index (κ3) is 6.33. The van der Waals surface area contributed by atoms with Crippen LogP contribution in [-0.2, 0) is 0 Å². The van der Waals surface area contributed by atoms with Crippen molar-refractivity contribution in [2.75, 3.05) is 9.80 Å². The van der Waals surface area contributed by atoms with Gasteiger partial charge in [0.1, 0.15) is 0 Å².